The van der Waals surface area contributed by atoms with E-state index in [1.165, 1.54) is 5.56 Å². The molecular weight excluding hydrogens is 264 g/mol. The lowest BCUT2D eigenvalue weighted by molar-refractivity contribution is 0.128. The van der Waals surface area contributed by atoms with Crippen LogP contribution in [0.5, 0.6) is 11.5 Å². The molecule has 4 nitrogen and oxygen atoms in total. The molecular formula is C17H30N2O2. The maximum Gasteiger partial charge on any atom is 0.160 e. The van der Waals surface area contributed by atoms with Crippen LogP contribution in [0.25, 0.3) is 0 Å². The van der Waals surface area contributed by atoms with Gasteiger partial charge in [0.1, 0.15) is 0 Å². The Kier molecular flexibility index (Phi) is 6.49. The van der Waals surface area contributed by atoms with Crippen molar-refractivity contribution in [3.8, 4) is 11.5 Å². The Balaban J connectivity index is 2.95. The molecule has 4 heteroatoms. The Labute approximate surface area is 129 Å². The largest absolute Gasteiger partial charge is 0.493 e. The summed E-state index contributed by atoms with van der Waals surface area (Å²) in [5.74, 6) is 2.14. The maximum absolute atomic E-state index is 6.06. The van der Waals surface area contributed by atoms with Gasteiger partial charge < -0.3 is 15.2 Å². The molecule has 0 saturated heterocycles. The fraction of sp³-hybridized carbons (Fsp3) is 0.647. The van der Waals surface area contributed by atoms with E-state index in [-0.39, 0.29) is 5.54 Å². The second-order valence-electron chi connectivity index (χ2n) is 6.34. The third kappa shape index (κ3) is 4.61. The zero-order valence-electron chi connectivity index (χ0n) is 14.3. The summed E-state index contributed by atoms with van der Waals surface area (Å²) in [6, 6.07) is 6.07. The predicted octanol–water partition coefficient (Wildman–Crippen LogP) is 2.55. The van der Waals surface area contributed by atoms with Crippen molar-refractivity contribution in [3.05, 3.63) is 23.8 Å². The van der Waals surface area contributed by atoms with Gasteiger partial charge in [0.25, 0.3) is 0 Å². The van der Waals surface area contributed by atoms with Gasteiger partial charge in [0, 0.05) is 18.6 Å². The summed E-state index contributed by atoms with van der Waals surface area (Å²) in [5.41, 5.74) is 7.20. The molecule has 0 bridgehead atoms. The average Bonchev–Trinajstić information content (AvgIpc) is 2.46. The van der Waals surface area contributed by atoms with Gasteiger partial charge in [0.15, 0.2) is 11.5 Å². The minimum atomic E-state index is -0.0656. The van der Waals surface area contributed by atoms with Gasteiger partial charge in [-0.1, -0.05) is 19.9 Å². The van der Waals surface area contributed by atoms with Gasteiger partial charge in [-0.3, -0.25) is 4.90 Å². The van der Waals surface area contributed by atoms with Crippen LogP contribution in [0.4, 0.5) is 0 Å². The molecule has 1 atom stereocenters. The van der Waals surface area contributed by atoms with E-state index >= 15 is 0 Å². The number of hydrogen-bond donors (Lipinski definition) is 1. The zero-order chi connectivity index (χ0) is 16.0. The maximum atomic E-state index is 6.06. The highest BCUT2D eigenvalue weighted by atomic mass is 16.5. The van der Waals surface area contributed by atoms with Crippen LogP contribution >= 0.6 is 0 Å². The molecule has 0 amide bonds. The zero-order valence-corrected chi connectivity index (χ0v) is 14.3. The van der Waals surface area contributed by atoms with Crippen LogP contribution in [0.1, 0.15) is 26.3 Å². The Bertz CT molecular complexity index is 448. The van der Waals surface area contributed by atoms with Crippen molar-refractivity contribution >= 4 is 0 Å². The lowest BCUT2D eigenvalue weighted by Gasteiger charge is -2.39. The fourth-order valence-corrected chi connectivity index (χ4v) is 2.56. The molecule has 0 fully saturated rings. The van der Waals surface area contributed by atoms with E-state index in [4.69, 9.17) is 15.2 Å². The number of nitrogens with two attached hydrogens (primary N) is 1. The van der Waals surface area contributed by atoms with Gasteiger partial charge in [-0.15, -0.1) is 0 Å². The van der Waals surface area contributed by atoms with Crippen LogP contribution in [-0.4, -0.2) is 44.8 Å². The number of methoxy groups -OCH3 is 2. The summed E-state index contributed by atoms with van der Waals surface area (Å²) >= 11 is 0. The Morgan fingerprint density at radius 2 is 1.81 bits per heavy atom. The van der Waals surface area contributed by atoms with Crippen LogP contribution in [0.3, 0.4) is 0 Å². The van der Waals surface area contributed by atoms with E-state index in [1.807, 2.05) is 12.1 Å². The second-order valence-corrected chi connectivity index (χ2v) is 6.34. The predicted molar refractivity (Wildman–Crippen MR) is 88.2 cm³/mol. The lowest BCUT2D eigenvalue weighted by Crippen LogP contribution is -2.52. The van der Waals surface area contributed by atoms with E-state index in [1.54, 1.807) is 14.2 Å². The van der Waals surface area contributed by atoms with Crippen LogP contribution < -0.4 is 15.2 Å². The lowest BCUT2D eigenvalue weighted by atomic mass is 9.90. The summed E-state index contributed by atoms with van der Waals surface area (Å²) in [6.45, 7) is 8.31. The van der Waals surface area contributed by atoms with Crippen LogP contribution in [0, 0.1) is 5.92 Å². The highest BCUT2D eigenvalue weighted by Crippen LogP contribution is 2.30. The summed E-state index contributed by atoms with van der Waals surface area (Å²) < 4.78 is 10.7. The highest BCUT2D eigenvalue weighted by Gasteiger charge is 2.28. The first-order valence-electron chi connectivity index (χ1n) is 7.48. The highest BCUT2D eigenvalue weighted by molar-refractivity contribution is 5.43. The molecule has 0 aliphatic heterocycles. The standard InChI is InChI=1S/C17H30N2O2/c1-13(2)11-19(4)17(3,12-18)10-14-7-8-15(20-5)16(9-14)21-6/h7-9,13H,10-12,18H2,1-6H3. The van der Waals surface area contributed by atoms with Crippen LogP contribution in [0.15, 0.2) is 18.2 Å². The summed E-state index contributed by atoms with van der Waals surface area (Å²) in [7, 11) is 5.46. The molecule has 1 aromatic carbocycles. The molecule has 0 aliphatic carbocycles. The molecule has 0 spiro atoms. The van der Waals surface area contributed by atoms with Gasteiger partial charge in [-0.2, -0.15) is 0 Å². The molecule has 0 aromatic heterocycles. The number of likely N-dealkylation sites (N-methyl/N-ethyl adjacent to an activating group) is 1. The van der Waals surface area contributed by atoms with E-state index in [9.17, 15) is 0 Å². The van der Waals surface area contributed by atoms with Crippen LogP contribution in [0.2, 0.25) is 0 Å². The fourth-order valence-electron chi connectivity index (χ4n) is 2.56. The molecule has 1 unspecified atom stereocenters. The molecule has 1 aromatic rings. The first-order valence-corrected chi connectivity index (χ1v) is 7.48. The van der Waals surface area contributed by atoms with E-state index < -0.39 is 0 Å². The van der Waals surface area contributed by atoms with Gasteiger partial charge >= 0.3 is 0 Å². The van der Waals surface area contributed by atoms with Gasteiger partial charge in [0.2, 0.25) is 0 Å². The van der Waals surface area contributed by atoms with Crippen molar-refractivity contribution in [1.82, 2.24) is 4.90 Å². The molecule has 120 valence electrons. The van der Waals surface area contributed by atoms with E-state index in [2.05, 4.69) is 38.8 Å². The molecule has 0 saturated carbocycles. The van der Waals surface area contributed by atoms with Gasteiger partial charge in [0.05, 0.1) is 14.2 Å². The number of rotatable bonds is 8. The van der Waals surface area contributed by atoms with Gasteiger partial charge in [-0.05, 0) is 44.0 Å². The minimum Gasteiger partial charge on any atom is -0.493 e. The molecule has 1 rings (SSSR count). The Morgan fingerprint density at radius 1 is 1.19 bits per heavy atom. The number of benzene rings is 1. The molecule has 0 heterocycles. The second kappa shape index (κ2) is 7.66. The Hall–Kier alpha value is -1.26. The van der Waals surface area contributed by atoms with Crippen molar-refractivity contribution in [1.29, 1.82) is 0 Å². The van der Waals surface area contributed by atoms with Gasteiger partial charge in [-0.25, -0.2) is 0 Å². The molecule has 2 N–H and O–H groups in total. The third-order valence-corrected chi connectivity index (χ3v) is 4.03. The Morgan fingerprint density at radius 3 is 2.29 bits per heavy atom. The monoisotopic (exact) mass is 294 g/mol. The van der Waals surface area contributed by atoms with E-state index in [0.717, 1.165) is 24.5 Å². The van der Waals surface area contributed by atoms with E-state index in [0.29, 0.717) is 12.5 Å². The first-order chi connectivity index (χ1) is 9.86. The topological polar surface area (TPSA) is 47.7 Å². The minimum absolute atomic E-state index is 0.0656. The summed E-state index contributed by atoms with van der Waals surface area (Å²) in [5, 5.41) is 0. The molecule has 0 radical (unpaired) electrons. The molecule has 0 aliphatic rings. The normalized spacial score (nSPS) is 14.3. The summed E-state index contributed by atoms with van der Waals surface area (Å²) in [4.78, 5) is 2.36. The van der Waals surface area contributed by atoms with Crippen molar-refractivity contribution in [2.75, 3.05) is 34.4 Å². The first kappa shape index (κ1) is 17.8. The number of ether oxygens (including phenoxy) is 2. The molecule has 21 heavy (non-hydrogen) atoms. The quantitative estimate of drug-likeness (QED) is 0.800. The number of nitrogens with zero attached hydrogens (tertiary/aromatic N) is 1. The van der Waals surface area contributed by atoms with Crippen LogP contribution in [-0.2, 0) is 6.42 Å². The number of hydrogen-bond acceptors (Lipinski definition) is 4. The SMILES string of the molecule is COc1ccc(CC(C)(CN)N(C)CC(C)C)cc1OC. The van der Waals surface area contributed by atoms with Crippen molar-refractivity contribution in [2.45, 2.75) is 32.7 Å². The smallest absolute Gasteiger partial charge is 0.160 e. The van der Waals surface area contributed by atoms with Crippen molar-refractivity contribution in [3.63, 3.8) is 0 Å². The average molecular weight is 294 g/mol. The summed E-state index contributed by atoms with van der Waals surface area (Å²) in [6.07, 6.45) is 0.882. The van der Waals surface area contributed by atoms with Crippen molar-refractivity contribution < 1.29 is 9.47 Å². The third-order valence-electron chi connectivity index (χ3n) is 4.03. The van der Waals surface area contributed by atoms with Crippen molar-refractivity contribution in [2.24, 2.45) is 11.7 Å².